The van der Waals surface area contributed by atoms with E-state index in [4.69, 9.17) is 15.0 Å². The second kappa shape index (κ2) is 6.42. The zero-order chi connectivity index (χ0) is 11.8. The summed E-state index contributed by atoms with van der Waals surface area (Å²) in [6, 6.07) is 6.98. The van der Waals surface area contributed by atoms with Crippen LogP contribution >= 0.6 is 0 Å². The number of rotatable bonds is 2. The minimum Gasteiger partial charge on any atom is -0.478 e. The number of carboxylic acids is 1. The summed E-state index contributed by atoms with van der Waals surface area (Å²) >= 11 is 0. The maximum atomic E-state index is 10.5. The van der Waals surface area contributed by atoms with Crippen LogP contribution in [0.1, 0.15) is 22.8 Å². The summed E-state index contributed by atoms with van der Waals surface area (Å²) in [4.78, 5) is 19.2. The molecular weight excluding hydrogens is 198 g/mol. The lowest BCUT2D eigenvalue weighted by atomic mass is 10.1. The third-order valence-corrected chi connectivity index (χ3v) is 1.58. The molecule has 0 aliphatic rings. The van der Waals surface area contributed by atoms with E-state index in [1.54, 1.807) is 18.2 Å². The number of amides is 1. The number of benzene rings is 1. The van der Waals surface area contributed by atoms with Gasteiger partial charge in [0, 0.05) is 0 Å². The van der Waals surface area contributed by atoms with Crippen molar-refractivity contribution < 1.29 is 19.8 Å². The van der Waals surface area contributed by atoms with Crippen LogP contribution in [0, 0.1) is 0 Å². The van der Waals surface area contributed by atoms with Gasteiger partial charge in [0.05, 0.1) is 5.56 Å². The molecule has 0 radical (unpaired) electrons. The molecule has 0 aliphatic carbocycles. The summed E-state index contributed by atoms with van der Waals surface area (Å²) in [6.07, 6.45) is -0.457. The van der Waals surface area contributed by atoms with Crippen molar-refractivity contribution >= 4 is 12.1 Å². The molecule has 0 spiro atoms. The Morgan fingerprint density at radius 2 is 1.87 bits per heavy atom. The van der Waals surface area contributed by atoms with E-state index in [9.17, 15) is 4.79 Å². The van der Waals surface area contributed by atoms with E-state index >= 15 is 0 Å². The van der Waals surface area contributed by atoms with E-state index in [0.717, 1.165) is 12.0 Å². The molecule has 0 aliphatic heterocycles. The molecule has 0 bridgehead atoms. The number of hydrogen-bond acceptors (Lipinski definition) is 2. The SMILES string of the molecule is CCc1cccc(C(=O)O)c1.NC(=O)O. The van der Waals surface area contributed by atoms with Crippen molar-refractivity contribution in [3.63, 3.8) is 0 Å². The number of aromatic carboxylic acids is 1. The highest BCUT2D eigenvalue weighted by molar-refractivity contribution is 5.87. The molecule has 5 nitrogen and oxygen atoms in total. The number of carboxylic acid groups (broad SMARTS) is 2. The van der Waals surface area contributed by atoms with Gasteiger partial charge in [0.2, 0.25) is 0 Å². The molecule has 0 aromatic heterocycles. The lowest BCUT2D eigenvalue weighted by molar-refractivity contribution is 0.0696. The van der Waals surface area contributed by atoms with Crippen LogP contribution in [-0.4, -0.2) is 22.3 Å². The largest absolute Gasteiger partial charge is 0.478 e. The fraction of sp³-hybridized carbons (Fsp3) is 0.200. The van der Waals surface area contributed by atoms with Crippen LogP contribution in [0.25, 0.3) is 0 Å². The Bertz CT molecular complexity index is 345. The first-order chi connectivity index (χ1) is 6.97. The lowest BCUT2D eigenvalue weighted by Crippen LogP contribution is -2.03. The highest BCUT2D eigenvalue weighted by Gasteiger charge is 2.00. The van der Waals surface area contributed by atoms with Gasteiger partial charge in [-0.25, -0.2) is 9.59 Å². The third kappa shape index (κ3) is 6.09. The van der Waals surface area contributed by atoms with Gasteiger partial charge < -0.3 is 15.9 Å². The molecule has 0 unspecified atom stereocenters. The molecule has 15 heavy (non-hydrogen) atoms. The van der Waals surface area contributed by atoms with Crippen molar-refractivity contribution in [3.05, 3.63) is 35.4 Å². The van der Waals surface area contributed by atoms with Crippen molar-refractivity contribution in [2.24, 2.45) is 5.73 Å². The molecular formula is C10H13NO4. The number of nitrogens with two attached hydrogens (primary N) is 1. The van der Waals surface area contributed by atoms with Gasteiger partial charge in [-0.2, -0.15) is 0 Å². The van der Waals surface area contributed by atoms with Gasteiger partial charge in [0.15, 0.2) is 0 Å². The smallest absolute Gasteiger partial charge is 0.402 e. The van der Waals surface area contributed by atoms with Gasteiger partial charge in [-0.3, -0.25) is 0 Å². The van der Waals surface area contributed by atoms with E-state index in [-0.39, 0.29) is 0 Å². The number of aryl methyl sites for hydroxylation is 1. The summed E-state index contributed by atoms with van der Waals surface area (Å²) in [6.45, 7) is 2.00. The van der Waals surface area contributed by atoms with Crippen LogP contribution in [-0.2, 0) is 6.42 Å². The normalized spacial score (nSPS) is 8.60. The number of carbonyl (C=O) groups is 2. The predicted molar refractivity (Wildman–Crippen MR) is 55.0 cm³/mol. The van der Waals surface area contributed by atoms with Gasteiger partial charge in [-0.05, 0) is 24.1 Å². The summed E-state index contributed by atoms with van der Waals surface area (Å²) in [5.41, 5.74) is 5.45. The second-order valence-electron chi connectivity index (χ2n) is 2.70. The molecule has 1 amide bonds. The Hall–Kier alpha value is -2.04. The number of primary amides is 1. The van der Waals surface area contributed by atoms with Crippen LogP contribution in [0.15, 0.2) is 24.3 Å². The Balaban J connectivity index is 0.000000423. The predicted octanol–water partition coefficient (Wildman–Crippen LogP) is 1.57. The van der Waals surface area contributed by atoms with Crippen LogP contribution in [0.4, 0.5) is 4.79 Å². The highest BCUT2D eigenvalue weighted by atomic mass is 16.4. The maximum Gasteiger partial charge on any atom is 0.402 e. The molecule has 1 rings (SSSR count). The van der Waals surface area contributed by atoms with Gasteiger partial charge in [0.1, 0.15) is 0 Å². The van der Waals surface area contributed by atoms with Gasteiger partial charge in [-0.1, -0.05) is 19.1 Å². The molecule has 0 atom stereocenters. The third-order valence-electron chi connectivity index (χ3n) is 1.58. The van der Waals surface area contributed by atoms with E-state index < -0.39 is 12.1 Å². The standard InChI is InChI=1S/C9H10O2.CH3NO2/c1-2-7-4-3-5-8(6-7)9(10)11;2-1(3)4/h3-6H,2H2,1H3,(H,10,11);2H2,(H,3,4). The number of hydrogen-bond donors (Lipinski definition) is 3. The van der Waals surface area contributed by atoms with Crippen LogP contribution in [0.3, 0.4) is 0 Å². The Labute approximate surface area is 87.1 Å². The molecule has 82 valence electrons. The molecule has 0 saturated carbocycles. The minimum atomic E-state index is -1.33. The van der Waals surface area contributed by atoms with Crippen molar-refractivity contribution in [3.8, 4) is 0 Å². The van der Waals surface area contributed by atoms with E-state index in [0.29, 0.717) is 5.56 Å². The van der Waals surface area contributed by atoms with Crippen molar-refractivity contribution in [2.45, 2.75) is 13.3 Å². The van der Waals surface area contributed by atoms with Crippen LogP contribution in [0.2, 0.25) is 0 Å². The van der Waals surface area contributed by atoms with Gasteiger partial charge >= 0.3 is 12.1 Å². The Morgan fingerprint density at radius 1 is 1.33 bits per heavy atom. The molecule has 0 saturated heterocycles. The molecule has 1 aromatic carbocycles. The highest BCUT2D eigenvalue weighted by Crippen LogP contribution is 2.05. The maximum absolute atomic E-state index is 10.5. The van der Waals surface area contributed by atoms with Gasteiger partial charge in [0.25, 0.3) is 0 Å². The van der Waals surface area contributed by atoms with Gasteiger partial charge in [-0.15, -0.1) is 0 Å². The average Bonchev–Trinajstić information content (AvgIpc) is 2.17. The molecule has 1 aromatic rings. The van der Waals surface area contributed by atoms with Crippen molar-refractivity contribution in [2.75, 3.05) is 0 Å². The fourth-order valence-electron chi connectivity index (χ4n) is 0.924. The van der Waals surface area contributed by atoms with Crippen LogP contribution in [0.5, 0.6) is 0 Å². The minimum absolute atomic E-state index is 0.365. The Kier molecular flexibility index (Phi) is 5.55. The molecule has 5 heteroatoms. The van der Waals surface area contributed by atoms with E-state index in [2.05, 4.69) is 5.73 Å². The summed E-state index contributed by atoms with van der Waals surface area (Å²) in [5.74, 6) is -0.861. The van der Waals surface area contributed by atoms with Crippen molar-refractivity contribution in [1.29, 1.82) is 0 Å². The zero-order valence-corrected chi connectivity index (χ0v) is 8.30. The Morgan fingerprint density at radius 3 is 2.27 bits per heavy atom. The van der Waals surface area contributed by atoms with Crippen LogP contribution < -0.4 is 5.73 Å². The van der Waals surface area contributed by atoms with Crippen molar-refractivity contribution in [1.82, 2.24) is 0 Å². The first kappa shape index (κ1) is 13.0. The summed E-state index contributed by atoms with van der Waals surface area (Å²) in [5, 5.41) is 15.8. The first-order valence-electron chi connectivity index (χ1n) is 4.28. The quantitative estimate of drug-likeness (QED) is 0.691. The lowest BCUT2D eigenvalue weighted by Gasteiger charge is -1.97. The summed E-state index contributed by atoms with van der Waals surface area (Å²) < 4.78 is 0. The van der Waals surface area contributed by atoms with E-state index in [1.165, 1.54) is 0 Å². The molecule has 0 heterocycles. The second-order valence-corrected chi connectivity index (χ2v) is 2.70. The first-order valence-corrected chi connectivity index (χ1v) is 4.28. The zero-order valence-electron chi connectivity index (χ0n) is 8.30. The summed E-state index contributed by atoms with van der Waals surface area (Å²) in [7, 11) is 0. The monoisotopic (exact) mass is 211 g/mol. The topological polar surface area (TPSA) is 101 Å². The molecule has 0 fully saturated rings. The fourth-order valence-corrected chi connectivity index (χ4v) is 0.924. The molecule has 4 N–H and O–H groups in total. The van der Waals surface area contributed by atoms with E-state index in [1.807, 2.05) is 13.0 Å². The average molecular weight is 211 g/mol.